The van der Waals surface area contributed by atoms with E-state index in [4.69, 9.17) is 0 Å². The van der Waals surface area contributed by atoms with E-state index in [9.17, 15) is 14.7 Å². The van der Waals surface area contributed by atoms with Gasteiger partial charge in [-0.05, 0) is 36.1 Å². The van der Waals surface area contributed by atoms with Crippen LogP contribution in [0.5, 0.6) is 5.75 Å². The molecule has 1 aliphatic heterocycles. The molecule has 0 spiro atoms. The van der Waals surface area contributed by atoms with E-state index in [2.05, 4.69) is 5.32 Å². The Labute approximate surface area is 102 Å². The number of imide groups is 1. The van der Waals surface area contributed by atoms with E-state index in [0.717, 1.165) is 35.7 Å². The van der Waals surface area contributed by atoms with E-state index in [1.807, 2.05) is 6.07 Å². The summed E-state index contributed by atoms with van der Waals surface area (Å²) in [6.07, 6.45) is 1.71. The van der Waals surface area contributed by atoms with Crippen LogP contribution in [0.4, 0.5) is 4.79 Å². The Morgan fingerprint density at radius 3 is 2.88 bits per heavy atom. The summed E-state index contributed by atoms with van der Waals surface area (Å²) in [5.74, 6) is 0.150. The predicted molar refractivity (Wildman–Crippen MR) is 64.1 cm³/mol. The van der Waals surface area contributed by atoms with Gasteiger partial charge >= 0.3 is 0 Å². The summed E-state index contributed by atoms with van der Waals surface area (Å²) >= 11 is 1.08. The maximum Gasteiger partial charge on any atom is 0.286 e. The summed E-state index contributed by atoms with van der Waals surface area (Å²) in [4.78, 5) is 22.8. The van der Waals surface area contributed by atoms with Crippen LogP contribution in [0, 0.1) is 0 Å². The van der Waals surface area contributed by atoms with Gasteiger partial charge in [-0.2, -0.15) is 0 Å². The second-order valence-corrected chi connectivity index (χ2v) is 5.46. The topological polar surface area (TPSA) is 66.4 Å². The van der Waals surface area contributed by atoms with Crippen LogP contribution in [0.15, 0.2) is 18.2 Å². The average Bonchev–Trinajstić information content (AvgIpc) is 2.81. The molecule has 1 aromatic carbocycles. The van der Waals surface area contributed by atoms with E-state index >= 15 is 0 Å². The number of hydrogen-bond acceptors (Lipinski definition) is 4. The van der Waals surface area contributed by atoms with Gasteiger partial charge in [0.25, 0.3) is 5.24 Å². The molecule has 4 nitrogen and oxygen atoms in total. The Morgan fingerprint density at radius 2 is 2.18 bits per heavy atom. The standard InChI is InChI=1S/C12H11NO3S/c14-7-2-4-8-6(5-7)1-3-9(8)10-11(15)13-12(16)17-10/h2,4-5,9-10,14H,1,3H2,(H,13,15,16). The molecule has 0 saturated carbocycles. The zero-order chi connectivity index (χ0) is 12.0. The number of carbonyl (C=O) groups excluding carboxylic acids is 2. The lowest BCUT2D eigenvalue weighted by Crippen LogP contribution is -2.27. The first-order chi connectivity index (χ1) is 8.15. The van der Waals surface area contributed by atoms with Gasteiger partial charge in [0.15, 0.2) is 0 Å². The van der Waals surface area contributed by atoms with Gasteiger partial charge in [-0.15, -0.1) is 0 Å². The van der Waals surface area contributed by atoms with Crippen molar-refractivity contribution in [1.29, 1.82) is 0 Å². The minimum absolute atomic E-state index is 0.0852. The highest BCUT2D eigenvalue weighted by Crippen LogP contribution is 2.42. The van der Waals surface area contributed by atoms with Crippen molar-refractivity contribution >= 4 is 22.9 Å². The zero-order valence-electron chi connectivity index (χ0n) is 8.97. The summed E-state index contributed by atoms with van der Waals surface area (Å²) in [6, 6.07) is 5.24. The molecule has 3 rings (SSSR count). The molecule has 17 heavy (non-hydrogen) atoms. The second-order valence-electron chi connectivity index (χ2n) is 4.34. The minimum Gasteiger partial charge on any atom is -0.508 e. The lowest BCUT2D eigenvalue weighted by Gasteiger charge is -2.15. The molecule has 1 fully saturated rings. The van der Waals surface area contributed by atoms with E-state index in [0.29, 0.717) is 0 Å². The molecule has 2 unspecified atom stereocenters. The number of phenols is 1. The van der Waals surface area contributed by atoms with Crippen molar-refractivity contribution in [1.82, 2.24) is 5.32 Å². The molecule has 5 heteroatoms. The molecule has 1 heterocycles. The Bertz CT molecular complexity index is 514. The lowest BCUT2D eigenvalue weighted by molar-refractivity contribution is -0.119. The van der Waals surface area contributed by atoms with Gasteiger partial charge in [0.05, 0.1) is 0 Å². The maximum atomic E-state index is 11.6. The largest absolute Gasteiger partial charge is 0.508 e. The second kappa shape index (κ2) is 3.77. The van der Waals surface area contributed by atoms with Crippen molar-refractivity contribution in [3.8, 4) is 5.75 Å². The SMILES string of the molecule is O=C1NC(=O)C(C2CCc3cc(O)ccc32)S1. The summed E-state index contributed by atoms with van der Waals surface area (Å²) < 4.78 is 0. The zero-order valence-corrected chi connectivity index (χ0v) is 9.79. The Hall–Kier alpha value is -1.49. The fraction of sp³-hybridized carbons (Fsp3) is 0.333. The fourth-order valence-electron chi connectivity index (χ4n) is 2.59. The predicted octanol–water partition coefficient (Wildman–Crippen LogP) is 1.77. The molecular formula is C12H11NO3S. The third-order valence-electron chi connectivity index (χ3n) is 3.33. The molecule has 2 N–H and O–H groups in total. The monoisotopic (exact) mass is 249 g/mol. The third kappa shape index (κ3) is 1.70. The quantitative estimate of drug-likeness (QED) is 0.796. The van der Waals surface area contributed by atoms with Crippen LogP contribution in [-0.2, 0) is 11.2 Å². The number of aromatic hydroxyl groups is 1. The van der Waals surface area contributed by atoms with Gasteiger partial charge in [0, 0.05) is 5.92 Å². The first-order valence-corrected chi connectivity index (χ1v) is 6.36. The number of phenolic OH excluding ortho intramolecular Hbond substituents is 1. The van der Waals surface area contributed by atoms with Crippen molar-refractivity contribution in [3.63, 3.8) is 0 Å². The number of rotatable bonds is 1. The van der Waals surface area contributed by atoms with Crippen LogP contribution in [-0.4, -0.2) is 21.5 Å². The Morgan fingerprint density at radius 1 is 1.35 bits per heavy atom. The molecule has 2 atom stereocenters. The highest BCUT2D eigenvalue weighted by molar-refractivity contribution is 8.15. The molecule has 1 aromatic rings. The molecule has 0 aromatic heterocycles. The van der Waals surface area contributed by atoms with Crippen LogP contribution in [0.1, 0.15) is 23.5 Å². The lowest BCUT2D eigenvalue weighted by atomic mass is 9.97. The van der Waals surface area contributed by atoms with Crippen LogP contribution < -0.4 is 5.32 Å². The molecule has 2 amide bonds. The van der Waals surface area contributed by atoms with Gasteiger partial charge < -0.3 is 5.11 Å². The van der Waals surface area contributed by atoms with Gasteiger partial charge in [0.2, 0.25) is 5.91 Å². The van der Waals surface area contributed by atoms with E-state index in [1.54, 1.807) is 12.1 Å². The van der Waals surface area contributed by atoms with Crippen molar-refractivity contribution in [2.45, 2.75) is 24.0 Å². The van der Waals surface area contributed by atoms with E-state index in [1.165, 1.54) is 0 Å². The van der Waals surface area contributed by atoms with Crippen molar-refractivity contribution in [2.75, 3.05) is 0 Å². The van der Waals surface area contributed by atoms with Crippen LogP contribution in [0.2, 0.25) is 0 Å². The number of amides is 2. The fourth-order valence-corrected chi connectivity index (χ4v) is 3.59. The summed E-state index contributed by atoms with van der Waals surface area (Å²) in [7, 11) is 0. The number of benzene rings is 1. The Balaban J connectivity index is 1.93. The first kappa shape index (κ1) is 10.7. The van der Waals surface area contributed by atoms with Crippen molar-refractivity contribution in [3.05, 3.63) is 29.3 Å². The van der Waals surface area contributed by atoms with E-state index in [-0.39, 0.29) is 28.1 Å². The smallest absolute Gasteiger partial charge is 0.286 e. The number of aryl methyl sites for hydroxylation is 1. The van der Waals surface area contributed by atoms with Gasteiger partial charge in [-0.25, -0.2) is 0 Å². The van der Waals surface area contributed by atoms with Gasteiger partial charge in [0.1, 0.15) is 11.0 Å². The van der Waals surface area contributed by atoms with Crippen LogP contribution in [0.3, 0.4) is 0 Å². The highest BCUT2D eigenvalue weighted by atomic mass is 32.2. The maximum absolute atomic E-state index is 11.6. The van der Waals surface area contributed by atoms with E-state index < -0.39 is 0 Å². The molecule has 0 bridgehead atoms. The average molecular weight is 249 g/mol. The Kier molecular flexibility index (Phi) is 2.36. The molecule has 2 aliphatic rings. The number of carbonyl (C=O) groups is 2. The summed E-state index contributed by atoms with van der Waals surface area (Å²) in [5.41, 5.74) is 2.17. The number of nitrogens with one attached hydrogen (secondary N) is 1. The molecule has 1 aliphatic carbocycles. The minimum atomic E-state index is -0.312. The molecule has 1 saturated heterocycles. The molecule has 88 valence electrons. The van der Waals surface area contributed by atoms with Crippen LogP contribution >= 0.6 is 11.8 Å². The third-order valence-corrected chi connectivity index (χ3v) is 4.45. The summed E-state index contributed by atoms with van der Waals surface area (Å²) in [6.45, 7) is 0. The molecular weight excluding hydrogens is 238 g/mol. The molecule has 0 radical (unpaired) electrons. The normalized spacial score (nSPS) is 27.1. The van der Waals surface area contributed by atoms with Gasteiger partial charge in [-0.3, -0.25) is 14.9 Å². The van der Waals surface area contributed by atoms with Crippen molar-refractivity contribution < 1.29 is 14.7 Å². The van der Waals surface area contributed by atoms with Crippen LogP contribution in [0.25, 0.3) is 0 Å². The first-order valence-electron chi connectivity index (χ1n) is 5.48. The number of fused-ring (bicyclic) bond motifs is 1. The van der Waals surface area contributed by atoms with Crippen molar-refractivity contribution in [2.24, 2.45) is 0 Å². The summed E-state index contributed by atoms with van der Waals surface area (Å²) in [5, 5.41) is 11.2. The number of thioether (sulfide) groups is 1. The number of hydrogen-bond donors (Lipinski definition) is 2. The highest BCUT2D eigenvalue weighted by Gasteiger charge is 2.41. The van der Waals surface area contributed by atoms with Gasteiger partial charge in [-0.1, -0.05) is 17.8 Å².